The molecule has 100 heavy (non-hydrogen) atoms. The van der Waals surface area contributed by atoms with Gasteiger partial charge in [-0.2, -0.15) is 9.97 Å². The molecule has 1 saturated heterocycles. The number of nitrogens with one attached hydrogen (secondary N) is 6. The molecule has 1 aliphatic heterocycles. The maximum Gasteiger partial charge on any atom is 0.369 e. The molecular formula is C61H89N17O19P2S. The molecular weight excluding hydrogens is 1370 g/mol. The summed E-state index contributed by atoms with van der Waals surface area (Å²) in [5.74, 6) is -7.20. The van der Waals surface area contributed by atoms with E-state index < -0.39 is 122 Å². The van der Waals surface area contributed by atoms with Gasteiger partial charge >= 0.3 is 27.1 Å². The van der Waals surface area contributed by atoms with Crippen LogP contribution in [0.1, 0.15) is 131 Å². The van der Waals surface area contributed by atoms with E-state index in [1.165, 1.54) is 37.0 Å². The average molecular weight is 1460 g/mol. The van der Waals surface area contributed by atoms with E-state index in [1.807, 2.05) is 4.90 Å². The number of nitrogen functional groups attached to an aromatic ring is 2. The second-order valence-electron chi connectivity index (χ2n) is 23.8. The number of aliphatic imine (C=N–C) groups is 1. The SMILES string of the molecule is CC(NC(=O)CCCCCN1C(=O)CC(SCCCC(N)=NCCC(O)(P(=O)(O)O)P(=O)(O)O)C1=O)C(=O)NC(Cc1ccccc1)C(=O)NC(CCCCN)C(=O)NC(CCCCNC(=O)CC[C@H](NC(=O)c1ccc(N(C)Cc2cnc3nc(N)nc(N)c3n2)cc1)C(=O)O)C(=O)O. The van der Waals surface area contributed by atoms with Gasteiger partial charge in [0.25, 0.3) is 11.0 Å². The molecule has 1 fully saturated rings. The number of thioether (sulfide) groups is 1. The first-order valence-electron chi connectivity index (χ1n) is 32.1. The molecule has 2 aromatic heterocycles. The zero-order valence-electron chi connectivity index (χ0n) is 55.3. The maximum atomic E-state index is 14.1. The molecule has 3 heterocycles. The lowest BCUT2D eigenvalue weighted by Gasteiger charge is -2.28. The summed E-state index contributed by atoms with van der Waals surface area (Å²) in [4.78, 5) is 192. The summed E-state index contributed by atoms with van der Waals surface area (Å²) in [6.07, 6.45) is 2.61. The molecule has 0 bridgehead atoms. The largest absolute Gasteiger partial charge is 0.480 e. The predicted octanol–water partition coefficient (Wildman–Crippen LogP) is -0.164. The Bertz CT molecular complexity index is 3630. The number of aliphatic carboxylic acids is 2. The summed E-state index contributed by atoms with van der Waals surface area (Å²) in [6, 6.07) is 8.39. The summed E-state index contributed by atoms with van der Waals surface area (Å²) in [5.41, 5.74) is 25.7. The van der Waals surface area contributed by atoms with Gasteiger partial charge in [-0.25, -0.2) is 19.6 Å². The normalized spacial score (nSPS) is 15.1. The zero-order chi connectivity index (χ0) is 73.9. The van der Waals surface area contributed by atoms with Gasteiger partial charge in [0.05, 0.1) is 29.5 Å². The number of nitrogens with two attached hydrogens (primary N) is 4. The Hall–Kier alpha value is -8.80. The highest BCUT2D eigenvalue weighted by Gasteiger charge is 2.59. The highest BCUT2D eigenvalue weighted by Crippen LogP contribution is 2.68. The molecule has 2 aromatic carbocycles. The van der Waals surface area contributed by atoms with E-state index in [4.69, 9.17) is 22.9 Å². The van der Waals surface area contributed by atoms with E-state index in [-0.39, 0.29) is 131 Å². The van der Waals surface area contributed by atoms with Gasteiger partial charge in [0.2, 0.25) is 47.3 Å². The van der Waals surface area contributed by atoms with Crippen molar-refractivity contribution in [3.05, 3.63) is 77.6 Å². The molecule has 6 atom stereocenters. The monoisotopic (exact) mass is 1460 g/mol. The molecule has 5 unspecified atom stereocenters. The van der Waals surface area contributed by atoms with E-state index in [9.17, 15) is 92.0 Å². The number of benzene rings is 2. The van der Waals surface area contributed by atoms with Crippen molar-refractivity contribution in [2.24, 2.45) is 16.5 Å². The van der Waals surface area contributed by atoms with E-state index in [0.29, 0.717) is 61.2 Å². The zero-order valence-corrected chi connectivity index (χ0v) is 57.9. The third-order valence-electron chi connectivity index (χ3n) is 15.9. The Morgan fingerprint density at radius 3 is 2.02 bits per heavy atom. The third kappa shape index (κ3) is 25.7. The number of anilines is 3. The van der Waals surface area contributed by atoms with E-state index >= 15 is 0 Å². The number of carbonyl (C=O) groups is 10. The average Bonchev–Trinajstić information content (AvgIpc) is 1.03. The number of aromatic nitrogens is 4. The van der Waals surface area contributed by atoms with Crippen molar-refractivity contribution in [3.8, 4) is 0 Å². The highest BCUT2D eigenvalue weighted by atomic mass is 32.2. The van der Waals surface area contributed by atoms with Crippen LogP contribution in [0, 0.1) is 0 Å². The number of carboxylic acid groups (broad SMARTS) is 2. The van der Waals surface area contributed by atoms with Crippen LogP contribution in [0.5, 0.6) is 0 Å². The number of fused-ring (bicyclic) bond motifs is 1. The third-order valence-corrected chi connectivity index (χ3v) is 21.1. The number of amidine groups is 1. The van der Waals surface area contributed by atoms with Crippen LogP contribution in [0.2, 0.25) is 0 Å². The van der Waals surface area contributed by atoms with Crippen LogP contribution < -0.4 is 59.7 Å². The molecule has 0 spiro atoms. The van der Waals surface area contributed by atoms with Crippen LogP contribution in [0.15, 0.2) is 65.8 Å². The van der Waals surface area contributed by atoms with Crippen molar-refractivity contribution in [1.29, 1.82) is 0 Å². The van der Waals surface area contributed by atoms with E-state index in [0.717, 1.165) is 4.90 Å². The van der Waals surface area contributed by atoms with Gasteiger partial charge in [0.15, 0.2) is 17.0 Å². The summed E-state index contributed by atoms with van der Waals surface area (Å²) in [6.45, 7) is 1.52. The molecule has 0 radical (unpaired) electrons. The predicted molar refractivity (Wildman–Crippen MR) is 367 cm³/mol. The van der Waals surface area contributed by atoms with Crippen molar-refractivity contribution in [3.63, 3.8) is 0 Å². The first kappa shape index (κ1) is 81.9. The molecule has 0 aliphatic carbocycles. The van der Waals surface area contributed by atoms with Crippen LogP contribution in [-0.2, 0) is 65.2 Å². The summed E-state index contributed by atoms with van der Waals surface area (Å²) in [5, 5.41) is 41.3. The molecule has 1 aliphatic rings. The van der Waals surface area contributed by atoms with Gasteiger partial charge < -0.3 is 94.6 Å². The number of aliphatic hydroxyl groups is 1. The first-order chi connectivity index (χ1) is 47.2. The van der Waals surface area contributed by atoms with Gasteiger partial charge in [0.1, 0.15) is 30.2 Å². The molecule has 0 saturated carbocycles. The van der Waals surface area contributed by atoms with Crippen LogP contribution in [0.3, 0.4) is 0 Å². The Balaban J connectivity index is 1.03. The molecule has 21 N–H and O–H groups in total. The summed E-state index contributed by atoms with van der Waals surface area (Å²) >= 11 is 1.21. The number of rotatable bonds is 44. The highest BCUT2D eigenvalue weighted by molar-refractivity contribution is 8.00. The van der Waals surface area contributed by atoms with Crippen LogP contribution in [-0.4, -0.2) is 204 Å². The number of carbonyl (C=O) groups excluding carboxylic acids is 8. The van der Waals surface area contributed by atoms with E-state index in [2.05, 4.69) is 56.8 Å². The molecule has 8 amide bonds. The standard InChI is InChI=1S/C61H89N17O19P2S/c1-36(69-48(80)19-7-4-12-30-78-49(81)33-45(57(78)86)100-31-13-18-46(63)66-29-26-61(91,98(92,93)94)99(95,96)97)53(82)74-44(32-37-14-5-3-6-15-37)56(85)71-41(16-8-10-27-62)55(84)73-42(58(87)88)17-9-11-28-67-47(79)25-24-43(59(89)90)72-54(83)38-20-22-40(23-21-38)77(2)35-39-34-68-52-50(70-39)51(64)75-60(65)76-52/h3,5-6,14-15,20-23,34,36,41-45,91H,4,7-13,16-19,24-33,35,62H2,1-2H3,(H2,63,66)(H,67,79)(H,69,80)(H,71,85)(H,72,83)(H,73,84)(H,74,82)(H,87,88)(H,89,90)(H2,92,93,94)(H2,95,96,97)(H4,64,65,68,75,76)/t36?,41?,42?,43-,44?,45?/m0/s1. The van der Waals surface area contributed by atoms with Crippen molar-refractivity contribution in [2.75, 3.05) is 55.3 Å². The Kier molecular flexibility index (Phi) is 32.1. The smallest absolute Gasteiger partial charge is 0.369 e. The van der Waals surface area contributed by atoms with Crippen LogP contribution in [0.25, 0.3) is 11.2 Å². The quantitative estimate of drug-likeness (QED) is 0.00899. The number of nitrogens with zero attached hydrogens (tertiary/aromatic N) is 7. The number of likely N-dealkylation sites (tertiary alicyclic amines) is 1. The van der Waals surface area contributed by atoms with Crippen molar-refractivity contribution in [2.45, 2.75) is 163 Å². The maximum absolute atomic E-state index is 14.1. The number of unbranched alkanes of at least 4 members (excludes halogenated alkanes) is 4. The molecule has 39 heteroatoms. The number of amides is 8. The fourth-order valence-electron chi connectivity index (χ4n) is 10.2. The Labute approximate surface area is 579 Å². The van der Waals surface area contributed by atoms with Gasteiger partial charge in [-0.3, -0.25) is 57.4 Å². The minimum atomic E-state index is -5.65. The Morgan fingerprint density at radius 1 is 0.730 bits per heavy atom. The lowest BCUT2D eigenvalue weighted by Crippen LogP contribution is -2.58. The second-order valence-corrected chi connectivity index (χ2v) is 29.1. The number of imide groups is 1. The summed E-state index contributed by atoms with van der Waals surface area (Å²) in [7, 11) is -9.51. The molecule has 548 valence electrons. The van der Waals surface area contributed by atoms with Crippen LogP contribution >= 0.6 is 27.0 Å². The van der Waals surface area contributed by atoms with Gasteiger partial charge in [0, 0.05) is 76.5 Å². The van der Waals surface area contributed by atoms with Crippen LogP contribution in [0.4, 0.5) is 17.5 Å². The second kappa shape index (κ2) is 39.3. The minimum Gasteiger partial charge on any atom is -0.480 e. The lowest BCUT2D eigenvalue weighted by atomic mass is 10.0. The fraction of sp³-hybridized carbons (Fsp3) is 0.525. The molecule has 4 aromatic rings. The minimum absolute atomic E-state index is 0.0285. The molecule has 5 rings (SSSR count). The number of hydrogen-bond donors (Lipinski definition) is 17. The van der Waals surface area contributed by atoms with E-state index in [1.54, 1.807) is 49.5 Å². The first-order valence-corrected chi connectivity index (χ1v) is 36.4. The topological polar surface area (TPSA) is 593 Å². The van der Waals surface area contributed by atoms with Crippen molar-refractivity contribution < 1.29 is 92.0 Å². The lowest BCUT2D eigenvalue weighted by molar-refractivity contribution is -0.142. The molecule has 36 nitrogen and oxygen atoms in total. The van der Waals surface area contributed by atoms with Gasteiger partial charge in [-0.05, 0) is 113 Å². The van der Waals surface area contributed by atoms with Crippen molar-refractivity contribution >= 4 is 121 Å². The van der Waals surface area contributed by atoms with Crippen molar-refractivity contribution in [1.82, 2.24) is 56.7 Å². The fourth-order valence-corrected chi connectivity index (χ4v) is 13.5. The number of hydrogen-bond acceptors (Lipinski definition) is 23. The Morgan fingerprint density at radius 2 is 1.36 bits per heavy atom. The number of carboxylic acids is 2. The van der Waals surface area contributed by atoms with Gasteiger partial charge in [-0.1, -0.05) is 36.8 Å². The van der Waals surface area contributed by atoms with Gasteiger partial charge in [-0.15, -0.1) is 11.8 Å². The summed E-state index contributed by atoms with van der Waals surface area (Å²) < 4.78 is 23.1.